The molecule has 18 heavy (non-hydrogen) atoms. The van der Waals surface area contributed by atoms with Crippen molar-refractivity contribution in [1.82, 2.24) is 15.1 Å². The molecule has 0 bridgehead atoms. The predicted molar refractivity (Wildman–Crippen MR) is 76.9 cm³/mol. The van der Waals surface area contributed by atoms with Crippen LogP contribution in [0.1, 0.15) is 33.6 Å². The lowest BCUT2D eigenvalue weighted by atomic mass is 9.96. The molecule has 0 aromatic rings. The molecular weight excluding hydrogens is 226 g/mol. The van der Waals surface area contributed by atoms with E-state index < -0.39 is 0 Å². The molecule has 4 nitrogen and oxygen atoms in total. The number of likely N-dealkylation sites (N-methyl/N-ethyl adjacent to an activating group) is 2. The second kappa shape index (κ2) is 7.43. The summed E-state index contributed by atoms with van der Waals surface area (Å²) in [5.74, 6) is 0. The van der Waals surface area contributed by atoms with Gasteiger partial charge in [0.05, 0.1) is 6.61 Å². The highest BCUT2D eigenvalue weighted by Crippen LogP contribution is 2.14. The van der Waals surface area contributed by atoms with E-state index in [0.29, 0.717) is 6.04 Å². The molecule has 0 aliphatic carbocycles. The van der Waals surface area contributed by atoms with E-state index in [9.17, 15) is 5.11 Å². The summed E-state index contributed by atoms with van der Waals surface area (Å²) in [6.45, 7) is 12.3. The van der Waals surface area contributed by atoms with E-state index in [-0.39, 0.29) is 12.1 Å². The van der Waals surface area contributed by atoms with E-state index in [1.54, 1.807) is 0 Å². The zero-order valence-electron chi connectivity index (χ0n) is 12.6. The molecule has 0 aromatic carbocycles. The lowest BCUT2D eigenvalue weighted by molar-refractivity contribution is 0.0979. The number of hydrogen-bond acceptors (Lipinski definition) is 4. The van der Waals surface area contributed by atoms with Gasteiger partial charge in [0.2, 0.25) is 0 Å². The van der Waals surface area contributed by atoms with Gasteiger partial charge in [0.1, 0.15) is 0 Å². The first-order valence-electron chi connectivity index (χ1n) is 7.29. The molecule has 4 heteroatoms. The van der Waals surface area contributed by atoms with Crippen molar-refractivity contribution in [3.63, 3.8) is 0 Å². The van der Waals surface area contributed by atoms with Gasteiger partial charge in [-0.25, -0.2) is 0 Å². The standard InChI is InChI=1S/C14H31N3O/c1-5-15-14(3,12-18)7-6-8-17-10-9-16(4)13(2)11-17/h13,15,18H,5-12H2,1-4H3. The van der Waals surface area contributed by atoms with Crippen molar-refractivity contribution in [2.75, 3.05) is 46.4 Å². The molecule has 0 aromatic heterocycles. The highest BCUT2D eigenvalue weighted by molar-refractivity contribution is 4.83. The quantitative estimate of drug-likeness (QED) is 0.706. The highest BCUT2D eigenvalue weighted by Gasteiger charge is 2.23. The summed E-state index contributed by atoms with van der Waals surface area (Å²) in [7, 11) is 2.20. The number of aliphatic hydroxyl groups is 1. The minimum Gasteiger partial charge on any atom is -0.394 e. The molecule has 2 N–H and O–H groups in total. The highest BCUT2D eigenvalue weighted by atomic mass is 16.3. The van der Waals surface area contributed by atoms with Crippen LogP contribution in [0.25, 0.3) is 0 Å². The summed E-state index contributed by atoms with van der Waals surface area (Å²) in [6.07, 6.45) is 2.19. The second-order valence-corrected chi connectivity index (χ2v) is 5.98. The molecule has 2 unspecified atom stereocenters. The Kier molecular flexibility index (Phi) is 6.57. The van der Waals surface area contributed by atoms with Gasteiger partial charge < -0.3 is 20.2 Å². The summed E-state index contributed by atoms with van der Waals surface area (Å²) in [5.41, 5.74) is -0.104. The third kappa shape index (κ3) is 4.84. The molecule has 0 spiro atoms. The predicted octanol–water partition coefficient (Wildman–Crippen LogP) is 0.763. The Balaban J connectivity index is 2.25. The van der Waals surface area contributed by atoms with Gasteiger partial charge in [0.15, 0.2) is 0 Å². The number of rotatable bonds is 7. The van der Waals surface area contributed by atoms with Crippen molar-refractivity contribution in [2.45, 2.75) is 45.2 Å². The van der Waals surface area contributed by atoms with Crippen molar-refractivity contribution >= 4 is 0 Å². The van der Waals surface area contributed by atoms with Gasteiger partial charge in [0, 0.05) is 31.2 Å². The lowest BCUT2D eigenvalue weighted by Crippen LogP contribution is -2.51. The first-order chi connectivity index (χ1) is 8.50. The maximum absolute atomic E-state index is 9.45. The van der Waals surface area contributed by atoms with Crippen LogP contribution in [-0.4, -0.2) is 72.9 Å². The molecular formula is C14H31N3O. The van der Waals surface area contributed by atoms with Gasteiger partial charge in [-0.3, -0.25) is 0 Å². The fraction of sp³-hybridized carbons (Fsp3) is 1.00. The molecule has 1 aliphatic rings. The number of nitrogens with zero attached hydrogens (tertiary/aromatic N) is 2. The van der Waals surface area contributed by atoms with Crippen LogP contribution in [0.15, 0.2) is 0 Å². The number of hydrogen-bond donors (Lipinski definition) is 2. The van der Waals surface area contributed by atoms with Crippen LogP contribution in [0, 0.1) is 0 Å². The van der Waals surface area contributed by atoms with Crippen molar-refractivity contribution in [1.29, 1.82) is 0 Å². The van der Waals surface area contributed by atoms with Crippen LogP contribution in [0.5, 0.6) is 0 Å². The Bertz CT molecular complexity index is 237. The number of aliphatic hydroxyl groups excluding tert-OH is 1. The SMILES string of the molecule is CCNC(C)(CO)CCCN1CCN(C)C(C)C1. The first kappa shape index (κ1) is 15.9. The largest absolute Gasteiger partial charge is 0.394 e. The number of piperazine rings is 1. The van der Waals surface area contributed by atoms with Crippen molar-refractivity contribution in [3.8, 4) is 0 Å². The van der Waals surface area contributed by atoms with Crippen LogP contribution in [0.3, 0.4) is 0 Å². The maximum atomic E-state index is 9.45. The molecule has 0 saturated carbocycles. The average molecular weight is 257 g/mol. The fourth-order valence-electron chi connectivity index (χ4n) is 2.67. The molecule has 1 aliphatic heterocycles. The van der Waals surface area contributed by atoms with E-state index in [2.05, 4.69) is 42.9 Å². The van der Waals surface area contributed by atoms with E-state index in [0.717, 1.165) is 25.9 Å². The van der Waals surface area contributed by atoms with E-state index in [1.165, 1.54) is 19.6 Å². The van der Waals surface area contributed by atoms with E-state index in [4.69, 9.17) is 0 Å². The third-order valence-corrected chi connectivity index (χ3v) is 4.20. The van der Waals surface area contributed by atoms with Crippen LogP contribution >= 0.6 is 0 Å². The monoisotopic (exact) mass is 257 g/mol. The van der Waals surface area contributed by atoms with Crippen molar-refractivity contribution in [3.05, 3.63) is 0 Å². The Morgan fingerprint density at radius 1 is 1.39 bits per heavy atom. The molecule has 1 rings (SSSR count). The molecule has 1 heterocycles. The third-order valence-electron chi connectivity index (χ3n) is 4.20. The van der Waals surface area contributed by atoms with Crippen LogP contribution in [0.4, 0.5) is 0 Å². The van der Waals surface area contributed by atoms with Crippen molar-refractivity contribution < 1.29 is 5.11 Å². The smallest absolute Gasteiger partial charge is 0.0610 e. The van der Waals surface area contributed by atoms with Gasteiger partial charge >= 0.3 is 0 Å². The van der Waals surface area contributed by atoms with Crippen LogP contribution in [-0.2, 0) is 0 Å². The molecule has 2 atom stereocenters. The van der Waals surface area contributed by atoms with Gasteiger partial charge in [0.25, 0.3) is 0 Å². The number of nitrogens with one attached hydrogen (secondary N) is 1. The topological polar surface area (TPSA) is 38.7 Å². The van der Waals surface area contributed by atoms with E-state index in [1.807, 2.05) is 0 Å². The van der Waals surface area contributed by atoms with Crippen LogP contribution in [0.2, 0.25) is 0 Å². The van der Waals surface area contributed by atoms with Gasteiger partial charge in [-0.05, 0) is 46.8 Å². The van der Waals surface area contributed by atoms with Gasteiger partial charge in [-0.15, -0.1) is 0 Å². The van der Waals surface area contributed by atoms with Gasteiger partial charge in [-0.1, -0.05) is 6.92 Å². The Labute approximate surface area is 112 Å². The van der Waals surface area contributed by atoms with Gasteiger partial charge in [-0.2, -0.15) is 0 Å². The molecule has 108 valence electrons. The van der Waals surface area contributed by atoms with E-state index >= 15 is 0 Å². The first-order valence-corrected chi connectivity index (χ1v) is 7.29. The summed E-state index contributed by atoms with van der Waals surface area (Å²) < 4.78 is 0. The minimum atomic E-state index is -0.104. The zero-order valence-corrected chi connectivity index (χ0v) is 12.6. The van der Waals surface area contributed by atoms with Crippen molar-refractivity contribution in [2.24, 2.45) is 0 Å². The maximum Gasteiger partial charge on any atom is 0.0610 e. The Morgan fingerprint density at radius 3 is 2.67 bits per heavy atom. The van der Waals surface area contributed by atoms with Crippen LogP contribution < -0.4 is 5.32 Å². The summed E-state index contributed by atoms with van der Waals surface area (Å²) in [4.78, 5) is 4.97. The molecule has 1 fully saturated rings. The Hall–Kier alpha value is -0.160. The fourth-order valence-corrected chi connectivity index (χ4v) is 2.67. The summed E-state index contributed by atoms with van der Waals surface area (Å²) >= 11 is 0. The zero-order chi connectivity index (χ0) is 13.6. The molecule has 1 saturated heterocycles. The summed E-state index contributed by atoms with van der Waals surface area (Å²) in [6, 6.07) is 0.664. The normalized spacial score (nSPS) is 26.2. The molecule has 0 amide bonds. The average Bonchev–Trinajstić information content (AvgIpc) is 2.34. The minimum absolute atomic E-state index is 0.104. The Morgan fingerprint density at radius 2 is 2.11 bits per heavy atom. The lowest BCUT2D eigenvalue weighted by Gasteiger charge is -2.38. The second-order valence-electron chi connectivity index (χ2n) is 5.98. The summed E-state index contributed by atoms with van der Waals surface area (Å²) in [5, 5.41) is 12.8. The molecule has 0 radical (unpaired) electrons.